The van der Waals surface area contributed by atoms with Crippen LogP contribution in [-0.2, 0) is 4.79 Å². The number of non-ortho nitro benzene ring substituents is 1. The Bertz CT molecular complexity index is 1380. The molecule has 0 aliphatic carbocycles. The second-order valence-electron chi connectivity index (χ2n) is 7.29. The zero-order valence-corrected chi connectivity index (χ0v) is 19.9. The summed E-state index contributed by atoms with van der Waals surface area (Å²) in [5.41, 5.74) is 2.05. The van der Waals surface area contributed by atoms with Crippen molar-refractivity contribution in [3.8, 4) is 22.7 Å². The third-order valence-corrected chi connectivity index (χ3v) is 6.07. The molecule has 0 bridgehead atoms. The van der Waals surface area contributed by atoms with E-state index in [1.54, 1.807) is 53.1 Å². The molecule has 8 nitrogen and oxygen atoms in total. The van der Waals surface area contributed by atoms with E-state index in [1.165, 1.54) is 30.5 Å². The molecule has 0 spiro atoms. The van der Waals surface area contributed by atoms with Gasteiger partial charge in [-0.15, -0.1) is 0 Å². The van der Waals surface area contributed by atoms with E-state index >= 15 is 0 Å². The smallest absolute Gasteiger partial charge is 0.387 e. The van der Waals surface area contributed by atoms with Crippen LogP contribution in [0.15, 0.2) is 84.1 Å². The van der Waals surface area contributed by atoms with E-state index in [4.69, 9.17) is 11.6 Å². The fraction of sp³-hybridized carbons (Fsp3) is 0.0833. The fourth-order valence-electron chi connectivity index (χ4n) is 3.31. The molecule has 4 rings (SSSR count). The predicted molar refractivity (Wildman–Crippen MR) is 133 cm³/mol. The molecule has 12 heteroatoms. The van der Waals surface area contributed by atoms with Crippen molar-refractivity contribution in [1.29, 1.82) is 0 Å². The van der Waals surface area contributed by atoms with Crippen LogP contribution in [-0.4, -0.2) is 32.7 Å². The van der Waals surface area contributed by atoms with Crippen molar-refractivity contribution < 1.29 is 23.2 Å². The number of alkyl halides is 2. The van der Waals surface area contributed by atoms with Crippen molar-refractivity contribution in [2.75, 3.05) is 11.1 Å². The molecule has 0 saturated carbocycles. The molecular formula is C24H17ClF2N4O4S. The van der Waals surface area contributed by atoms with Gasteiger partial charge in [0, 0.05) is 34.1 Å². The van der Waals surface area contributed by atoms with Gasteiger partial charge in [-0.1, -0.05) is 35.5 Å². The molecule has 1 N–H and O–H groups in total. The van der Waals surface area contributed by atoms with Crippen LogP contribution in [0.3, 0.4) is 0 Å². The number of aromatic nitrogens is 2. The Morgan fingerprint density at radius 2 is 1.86 bits per heavy atom. The number of hydrogen-bond acceptors (Lipinski definition) is 6. The van der Waals surface area contributed by atoms with Gasteiger partial charge in [0.2, 0.25) is 5.91 Å². The predicted octanol–water partition coefficient (Wildman–Crippen LogP) is 6.43. The summed E-state index contributed by atoms with van der Waals surface area (Å²) < 4.78 is 31.2. The van der Waals surface area contributed by atoms with E-state index in [9.17, 15) is 23.7 Å². The molecule has 0 aliphatic rings. The Hall–Kier alpha value is -3.96. The number of amides is 1. The lowest BCUT2D eigenvalue weighted by Crippen LogP contribution is -2.14. The van der Waals surface area contributed by atoms with Crippen LogP contribution >= 0.6 is 23.4 Å². The van der Waals surface area contributed by atoms with Gasteiger partial charge < -0.3 is 10.1 Å². The van der Waals surface area contributed by atoms with Crippen LogP contribution in [0.5, 0.6) is 5.75 Å². The lowest BCUT2D eigenvalue weighted by Gasteiger charge is -2.13. The summed E-state index contributed by atoms with van der Waals surface area (Å²) >= 11 is 7.01. The number of ether oxygens (including phenoxy) is 1. The number of nitro groups is 1. The van der Waals surface area contributed by atoms with Crippen LogP contribution in [0.1, 0.15) is 0 Å². The first kappa shape index (κ1) is 25.1. The minimum Gasteiger partial charge on any atom is -0.435 e. The minimum atomic E-state index is -2.96. The largest absolute Gasteiger partial charge is 0.435 e. The second kappa shape index (κ2) is 11.2. The summed E-state index contributed by atoms with van der Waals surface area (Å²) in [5, 5.41) is 15.0. The van der Waals surface area contributed by atoms with Crippen LogP contribution in [0.4, 0.5) is 20.2 Å². The summed E-state index contributed by atoms with van der Waals surface area (Å²) in [6.07, 6.45) is 1.53. The number of anilines is 1. The average molecular weight is 531 g/mol. The number of halogens is 3. The molecule has 0 aliphatic heterocycles. The first-order valence-corrected chi connectivity index (χ1v) is 11.7. The number of carbonyl (C=O) groups excluding carboxylic acids is 1. The Morgan fingerprint density at radius 3 is 2.53 bits per heavy atom. The molecular weight excluding hydrogens is 514 g/mol. The van der Waals surface area contributed by atoms with E-state index in [-0.39, 0.29) is 23.1 Å². The molecule has 0 saturated heterocycles. The van der Waals surface area contributed by atoms with Crippen molar-refractivity contribution in [2.45, 2.75) is 11.8 Å². The number of nitrogens with one attached hydrogen (secondary N) is 1. The molecule has 0 radical (unpaired) electrons. The average Bonchev–Trinajstić information content (AvgIpc) is 3.28. The highest BCUT2D eigenvalue weighted by molar-refractivity contribution is 7.99. The Balaban J connectivity index is 1.64. The van der Waals surface area contributed by atoms with Crippen LogP contribution < -0.4 is 10.1 Å². The van der Waals surface area contributed by atoms with Crippen molar-refractivity contribution in [3.05, 3.63) is 94.1 Å². The molecule has 1 amide bonds. The van der Waals surface area contributed by atoms with Crippen molar-refractivity contribution in [3.63, 3.8) is 0 Å². The van der Waals surface area contributed by atoms with E-state index in [0.29, 0.717) is 32.8 Å². The molecule has 0 fully saturated rings. The Morgan fingerprint density at radius 1 is 1.14 bits per heavy atom. The fourth-order valence-corrected chi connectivity index (χ4v) is 4.22. The maximum absolute atomic E-state index is 12.6. The van der Waals surface area contributed by atoms with Crippen molar-refractivity contribution in [2.24, 2.45) is 0 Å². The maximum Gasteiger partial charge on any atom is 0.387 e. The maximum atomic E-state index is 12.6. The zero-order chi connectivity index (χ0) is 25.7. The van der Waals surface area contributed by atoms with Crippen LogP contribution in [0.2, 0.25) is 5.02 Å². The molecule has 4 aromatic rings. The summed E-state index contributed by atoms with van der Waals surface area (Å²) in [4.78, 5) is 27.7. The van der Waals surface area contributed by atoms with Gasteiger partial charge >= 0.3 is 6.61 Å². The zero-order valence-electron chi connectivity index (χ0n) is 18.3. The highest BCUT2D eigenvalue weighted by Gasteiger charge is 2.18. The molecule has 0 atom stereocenters. The highest BCUT2D eigenvalue weighted by Crippen LogP contribution is 2.32. The SMILES string of the molecule is O=C(CSc1ncc(-c2cccc([N+](=O)[O-])c2)n1-c1ccc(OC(F)F)cc1)Nc1ccc(Cl)cc1. The van der Waals surface area contributed by atoms with Gasteiger partial charge in [0.15, 0.2) is 5.16 Å². The molecule has 1 aromatic heterocycles. The first-order chi connectivity index (χ1) is 17.3. The van der Waals surface area contributed by atoms with Crippen LogP contribution in [0, 0.1) is 10.1 Å². The quantitative estimate of drug-likeness (QED) is 0.152. The normalized spacial score (nSPS) is 10.9. The van der Waals surface area contributed by atoms with Crippen molar-refractivity contribution >= 4 is 40.6 Å². The van der Waals surface area contributed by atoms with E-state index in [2.05, 4.69) is 15.0 Å². The van der Waals surface area contributed by atoms with E-state index < -0.39 is 11.5 Å². The van der Waals surface area contributed by atoms with Gasteiger partial charge in [-0.2, -0.15) is 8.78 Å². The Labute approximate surface area is 213 Å². The number of imidazole rings is 1. The lowest BCUT2D eigenvalue weighted by molar-refractivity contribution is -0.384. The standard InChI is InChI=1S/C24H17ClF2N4O4S/c25-16-4-6-17(7-5-16)29-22(32)14-36-24-28-13-21(15-2-1-3-19(12-15)31(33)34)30(24)18-8-10-20(11-9-18)35-23(26)27/h1-13,23H,14H2,(H,29,32). The number of hydrogen-bond donors (Lipinski definition) is 1. The van der Waals surface area contributed by atoms with Gasteiger partial charge in [-0.05, 0) is 48.5 Å². The number of thioether (sulfide) groups is 1. The number of rotatable bonds is 9. The summed E-state index contributed by atoms with van der Waals surface area (Å²) in [6.45, 7) is -2.96. The molecule has 36 heavy (non-hydrogen) atoms. The monoisotopic (exact) mass is 530 g/mol. The van der Waals surface area contributed by atoms with Gasteiger partial charge in [-0.25, -0.2) is 4.98 Å². The lowest BCUT2D eigenvalue weighted by atomic mass is 10.1. The van der Waals surface area contributed by atoms with Crippen molar-refractivity contribution in [1.82, 2.24) is 9.55 Å². The molecule has 0 unspecified atom stereocenters. The number of carbonyl (C=O) groups is 1. The Kier molecular flexibility index (Phi) is 7.81. The third kappa shape index (κ3) is 6.18. The summed E-state index contributed by atoms with van der Waals surface area (Å²) in [6, 6.07) is 18.5. The highest BCUT2D eigenvalue weighted by atomic mass is 35.5. The number of benzene rings is 3. The van der Waals surface area contributed by atoms with Gasteiger partial charge in [0.25, 0.3) is 5.69 Å². The van der Waals surface area contributed by atoms with Gasteiger partial charge in [-0.3, -0.25) is 19.5 Å². The number of nitro benzene ring substituents is 1. The molecule has 184 valence electrons. The van der Waals surface area contributed by atoms with E-state index in [0.717, 1.165) is 11.8 Å². The third-order valence-electron chi connectivity index (χ3n) is 4.86. The van der Waals surface area contributed by atoms with E-state index in [1.807, 2.05) is 0 Å². The van der Waals surface area contributed by atoms with Gasteiger partial charge in [0.1, 0.15) is 5.75 Å². The van der Waals surface area contributed by atoms with Crippen LogP contribution in [0.25, 0.3) is 16.9 Å². The molecule has 1 heterocycles. The molecule has 3 aromatic carbocycles. The van der Waals surface area contributed by atoms with Gasteiger partial charge in [0.05, 0.1) is 22.6 Å². The summed E-state index contributed by atoms with van der Waals surface area (Å²) in [7, 11) is 0. The summed E-state index contributed by atoms with van der Waals surface area (Å²) in [5.74, 6) is -0.294. The minimum absolute atomic E-state index is 0.0145. The second-order valence-corrected chi connectivity index (χ2v) is 8.66. The first-order valence-electron chi connectivity index (χ1n) is 10.4. The topological polar surface area (TPSA) is 99.3 Å². The number of nitrogens with zero attached hydrogens (tertiary/aromatic N) is 3.